The SMILES string of the molecule is CC(O)c1cccc(SCC2CCC(C)(C)O2)c1. The van der Waals surface area contributed by atoms with Gasteiger partial charge < -0.3 is 9.84 Å². The van der Waals surface area contributed by atoms with E-state index in [1.54, 1.807) is 6.92 Å². The van der Waals surface area contributed by atoms with Crippen LogP contribution in [0.3, 0.4) is 0 Å². The molecule has 1 N–H and O–H groups in total. The average molecular weight is 266 g/mol. The zero-order valence-corrected chi connectivity index (χ0v) is 12.2. The van der Waals surface area contributed by atoms with E-state index in [4.69, 9.17) is 4.74 Å². The molecule has 2 atom stereocenters. The quantitative estimate of drug-likeness (QED) is 0.841. The van der Waals surface area contributed by atoms with Crippen molar-refractivity contribution in [2.45, 2.75) is 56.3 Å². The van der Waals surface area contributed by atoms with Crippen molar-refractivity contribution in [2.75, 3.05) is 5.75 Å². The van der Waals surface area contributed by atoms with Crippen LogP contribution in [0.4, 0.5) is 0 Å². The van der Waals surface area contributed by atoms with E-state index in [2.05, 4.69) is 26.0 Å². The molecule has 0 aliphatic carbocycles. The molecule has 0 aromatic heterocycles. The molecule has 0 bridgehead atoms. The van der Waals surface area contributed by atoms with Crippen LogP contribution in [0.1, 0.15) is 45.3 Å². The molecule has 1 aliphatic rings. The molecule has 0 spiro atoms. The zero-order valence-electron chi connectivity index (χ0n) is 11.3. The van der Waals surface area contributed by atoms with E-state index in [1.165, 1.54) is 4.90 Å². The molecule has 2 rings (SSSR count). The summed E-state index contributed by atoms with van der Waals surface area (Å²) in [5.74, 6) is 0.993. The van der Waals surface area contributed by atoms with Crippen molar-refractivity contribution >= 4 is 11.8 Å². The third kappa shape index (κ3) is 3.74. The lowest BCUT2D eigenvalue weighted by Crippen LogP contribution is -2.21. The minimum Gasteiger partial charge on any atom is -0.389 e. The minimum absolute atomic E-state index is 0.0483. The van der Waals surface area contributed by atoms with Crippen molar-refractivity contribution in [3.63, 3.8) is 0 Å². The molecule has 1 aromatic rings. The van der Waals surface area contributed by atoms with E-state index in [9.17, 15) is 5.11 Å². The third-order valence-electron chi connectivity index (χ3n) is 3.33. The van der Waals surface area contributed by atoms with Crippen LogP contribution < -0.4 is 0 Å². The lowest BCUT2D eigenvalue weighted by molar-refractivity contribution is -0.00466. The van der Waals surface area contributed by atoms with Crippen LogP contribution in [0.2, 0.25) is 0 Å². The summed E-state index contributed by atoms with van der Waals surface area (Å²) >= 11 is 1.81. The van der Waals surface area contributed by atoms with Gasteiger partial charge in [0, 0.05) is 10.6 Å². The standard InChI is InChI=1S/C15H22O2S/c1-11(16)12-5-4-6-14(9-12)18-10-13-7-8-15(2,3)17-13/h4-6,9,11,13,16H,7-8,10H2,1-3H3. The van der Waals surface area contributed by atoms with Crippen LogP contribution in [0.15, 0.2) is 29.2 Å². The molecule has 1 heterocycles. The van der Waals surface area contributed by atoms with Gasteiger partial charge in [0.2, 0.25) is 0 Å². The van der Waals surface area contributed by atoms with Gasteiger partial charge in [-0.25, -0.2) is 0 Å². The predicted molar refractivity (Wildman–Crippen MR) is 76.0 cm³/mol. The molecular formula is C15H22O2S. The van der Waals surface area contributed by atoms with Crippen molar-refractivity contribution < 1.29 is 9.84 Å². The first-order valence-electron chi connectivity index (χ1n) is 6.55. The van der Waals surface area contributed by atoms with Crippen molar-refractivity contribution in [3.05, 3.63) is 29.8 Å². The molecule has 1 aromatic carbocycles. The number of ether oxygens (including phenoxy) is 1. The zero-order chi connectivity index (χ0) is 13.2. The van der Waals surface area contributed by atoms with E-state index >= 15 is 0 Å². The fraction of sp³-hybridized carbons (Fsp3) is 0.600. The average Bonchev–Trinajstić information content (AvgIpc) is 2.67. The number of aliphatic hydroxyl groups is 1. The first-order valence-corrected chi connectivity index (χ1v) is 7.53. The fourth-order valence-corrected chi connectivity index (χ4v) is 3.26. The number of benzene rings is 1. The van der Waals surface area contributed by atoms with Gasteiger partial charge in [-0.15, -0.1) is 11.8 Å². The Morgan fingerprint density at radius 3 is 2.89 bits per heavy atom. The maximum atomic E-state index is 9.56. The number of rotatable bonds is 4. The molecule has 18 heavy (non-hydrogen) atoms. The lowest BCUT2D eigenvalue weighted by atomic mass is 10.1. The highest BCUT2D eigenvalue weighted by atomic mass is 32.2. The fourth-order valence-electron chi connectivity index (χ4n) is 2.25. The van der Waals surface area contributed by atoms with Crippen LogP contribution in [0, 0.1) is 0 Å². The Morgan fingerprint density at radius 1 is 1.50 bits per heavy atom. The maximum absolute atomic E-state index is 9.56. The summed E-state index contributed by atoms with van der Waals surface area (Å²) in [7, 11) is 0. The summed E-state index contributed by atoms with van der Waals surface area (Å²) in [6.07, 6.45) is 2.26. The van der Waals surface area contributed by atoms with Crippen LogP contribution in [-0.4, -0.2) is 22.6 Å². The van der Waals surface area contributed by atoms with Gasteiger partial charge in [-0.05, 0) is 51.3 Å². The second kappa shape index (κ2) is 5.64. The summed E-state index contributed by atoms with van der Waals surface area (Å²) < 4.78 is 5.98. The van der Waals surface area contributed by atoms with Gasteiger partial charge in [-0.3, -0.25) is 0 Å². The van der Waals surface area contributed by atoms with Crippen molar-refractivity contribution in [3.8, 4) is 0 Å². The molecule has 100 valence electrons. The van der Waals surface area contributed by atoms with Gasteiger partial charge in [0.05, 0.1) is 17.8 Å². The molecule has 0 radical (unpaired) electrons. The lowest BCUT2D eigenvalue weighted by Gasteiger charge is -2.19. The predicted octanol–water partition coefficient (Wildman–Crippen LogP) is 3.79. The molecule has 2 nitrogen and oxygen atoms in total. The molecule has 3 heteroatoms. The minimum atomic E-state index is -0.396. The number of hydrogen-bond acceptors (Lipinski definition) is 3. The van der Waals surface area contributed by atoms with E-state index in [-0.39, 0.29) is 5.60 Å². The monoisotopic (exact) mass is 266 g/mol. The van der Waals surface area contributed by atoms with Gasteiger partial charge in [-0.2, -0.15) is 0 Å². The number of thioether (sulfide) groups is 1. The highest BCUT2D eigenvalue weighted by Gasteiger charge is 2.31. The normalized spacial score (nSPS) is 24.1. The van der Waals surface area contributed by atoms with Crippen molar-refractivity contribution in [1.29, 1.82) is 0 Å². The smallest absolute Gasteiger partial charge is 0.0762 e. The molecule has 0 saturated carbocycles. The van der Waals surface area contributed by atoms with E-state index in [1.807, 2.05) is 23.9 Å². The molecule has 2 unspecified atom stereocenters. The first kappa shape index (κ1) is 13.9. The molecule has 1 fully saturated rings. The van der Waals surface area contributed by atoms with Gasteiger partial charge in [0.25, 0.3) is 0 Å². The maximum Gasteiger partial charge on any atom is 0.0762 e. The third-order valence-corrected chi connectivity index (χ3v) is 4.46. The van der Waals surface area contributed by atoms with E-state index < -0.39 is 6.10 Å². The Balaban J connectivity index is 1.89. The Kier molecular flexibility index (Phi) is 4.36. The summed E-state index contributed by atoms with van der Waals surface area (Å²) in [5.41, 5.74) is 1.03. The summed E-state index contributed by atoms with van der Waals surface area (Å²) in [6.45, 7) is 6.11. The topological polar surface area (TPSA) is 29.5 Å². The van der Waals surface area contributed by atoms with E-state index in [0.29, 0.717) is 6.10 Å². The summed E-state index contributed by atoms with van der Waals surface area (Å²) in [6, 6.07) is 8.12. The van der Waals surface area contributed by atoms with Crippen LogP contribution in [0.5, 0.6) is 0 Å². The number of hydrogen-bond donors (Lipinski definition) is 1. The van der Waals surface area contributed by atoms with Gasteiger partial charge in [0.1, 0.15) is 0 Å². The first-order chi connectivity index (χ1) is 8.46. The highest BCUT2D eigenvalue weighted by Crippen LogP contribution is 2.33. The largest absolute Gasteiger partial charge is 0.389 e. The Labute approximate surface area is 114 Å². The molecule has 1 saturated heterocycles. The van der Waals surface area contributed by atoms with Crippen molar-refractivity contribution in [1.82, 2.24) is 0 Å². The second-order valence-corrected chi connectivity index (χ2v) is 6.69. The highest BCUT2D eigenvalue weighted by molar-refractivity contribution is 7.99. The van der Waals surface area contributed by atoms with E-state index in [0.717, 1.165) is 24.2 Å². The van der Waals surface area contributed by atoms with Gasteiger partial charge >= 0.3 is 0 Å². The van der Waals surface area contributed by atoms with Crippen LogP contribution in [0.25, 0.3) is 0 Å². The summed E-state index contributed by atoms with van der Waals surface area (Å²) in [5, 5.41) is 9.56. The molecule has 1 aliphatic heterocycles. The number of aliphatic hydroxyl groups excluding tert-OH is 1. The Hall–Kier alpha value is -0.510. The molecule has 0 amide bonds. The van der Waals surface area contributed by atoms with Crippen LogP contribution in [-0.2, 0) is 4.74 Å². The van der Waals surface area contributed by atoms with Crippen LogP contribution >= 0.6 is 11.8 Å². The van der Waals surface area contributed by atoms with Crippen molar-refractivity contribution in [2.24, 2.45) is 0 Å². The Morgan fingerprint density at radius 2 is 2.28 bits per heavy atom. The summed E-state index contributed by atoms with van der Waals surface area (Å²) in [4.78, 5) is 1.21. The molecular weight excluding hydrogens is 244 g/mol. The second-order valence-electron chi connectivity index (χ2n) is 5.60. The van der Waals surface area contributed by atoms with Gasteiger partial charge in [0.15, 0.2) is 0 Å². The van der Waals surface area contributed by atoms with Gasteiger partial charge in [-0.1, -0.05) is 12.1 Å². The Bertz CT molecular complexity index is 401.